The Labute approximate surface area is 810 Å². The number of rotatable bonds is 10. The monoisotopic (exact) mass is 1790 g/mol. The molecule has 6 aromatic heterocycles. The second-order valence-corrected chi connectivity index (χ2v) is 36.9. The summed E-state index contributed by atoms with van der Waals surface area (Å²) in [5.41, 5.74) is 40.8. The van der Waals surface area contributed by atoms with Gasteiger partial charge in [0.15, 0.2) is 17.5 Å². The third kappa shape index (κ3) is 12.5. The van der Waals surface area contributed by atoms with Crippen molar-refractivity contribution < 1.29 is 0 Å². The highest BCUT2D eigenvalue weighted by atomic mass is 15.1. The van der Waals surface area contributed by atoms with Crippen molar-refractivity contribution in [3.05, 3.63) is 479 Å². The Bertz CT molecular complexity index is 10100. The summed E-state index contributed by atoms with van der Waals surface area (Å²) in [5, 5.41) is 17.5. The van der Waals surface area contributed by atoms with Gasteiger partial charge in [0.25, 0.3) is 0 Å². The molecule has 0 saturated heterocycles. The molecule has 6 heterocycles. The first-order chi connectivity index (χ1) is 70.0. The minimum absolute atomic E-state index is 0.727. The van der Waals surface area contributed by atoms with E-state index in [1.165, 1.54) is 170 Å². The predicted molar refractivity (Wildman–Crippen MR) is 585 cm³/mol. The second kappa shape index (κ2) is 31.8. The number of hydrogen-bond acceptors (Lipinski definition) is 6. The molecule has 0 aliphatic heterocycles. The van der Waals surface area contributed by atoms with Crippen LogP contribution in [-0.2, 0) is 0 Å². The maximum Gasteiger partial charge on any atom is 0.165 e. The minimum atomic E-state index is 0.727. The Morgan fingerprint density at radius 2 is 0.454 bits per heavy atom. The van der Waals surface area contributed by atoms with Gasteiger partial charge >= 0.3 is 0 Å². The molecule has 652 valence electrons. The SMILES string of the molecule is c1ccc(-c2cccc(-c3ccc(-c4nc5ccccc5nc4-n4c5cccc6c5c5c7c(cccc7ccc54)-c4ccccc4-6)cc3)c2)cc1.c1ccc(-c2nc(-c3ccccc3)c3cc(-n4c5cccc6c5c5c7c(cccc7ccc54)-c4ccccc4-6)ccc3n2)cc1.c1ccc(-c2nc(-c3ccccc3)c3ccc(-n4c5cccc6c5c5c7c(cccc7ccc54)-c4ccccc4-6)cc3n2)cc1. The molecule has 0 atom stereocenters. The molecule has 3 aliphatic carbocycles. The van der Waals surface area contributed by atoms with Gasteiger partial charge < -0.3 is 9.13 Å². The minimum Gasteiger partial charge on any atom is -0.309 e. The van der Waals surface area contributed by atoms with Crippen LogP contribution in [0.3, 0.4) is 0 Å². The molecule has 0 saturated carbocycles. The molecule has 28 aromatic rings. The van der Waals surface area contributed by atoms with Crippen molar-refractivity contribution in [1.82, 2.24) is 43.6 Å². The molecule has 141 heavy (non-hydrogen) atoms. The van der Waals surface area contributed by atoms with E-state index in [0.717, 1.165) is 123 Å². The first-order valence-electron chi connectivity index (χ1n) is 48.1. The Kier molecular flexibility index (Phi) is 17.9. The van der Waals surface area contributed by atoms with E-state index in [1.807, 2.05) is 60.7 Å². The van der Waals surface area contributed by atoms with Crippen LogP contribution in [-0.4, -0.2) is 43.6 Å². The van der Waals surface area contributed by atoms with Gasteiger partial charge in [0.1, 0.15) is 5.69 Å². The molecule has 0 N–H and O–H groups in total. The van der Waals surface area contributed by atoms with E-state index in [9.17, 15) is 0 Å². The van der Waals surface area contributed by atoms with Gasteiger partial charge in [-0.3, -0.25) is 4.57 Å². The molecule has 31 rings (SSSR count). The lowest BCUT2D eigenvalue weighted by Crippen LogP contribution is -2.04. The third-order valence-electron chi connectivity index (χ3n) is 29.2. The zero-order valence-corrected chi connectivity index (χ0v) is 76.1. The Morgan fingerprint density at radius 3 is 0.908 bits per heavy atom. The highest BCUT2D eigenvalue weighted by Crippen LogP contribution is 2.55. The van der Waals surface area contributed by atoms with Crippen molar-refractivity contribution in [1.29, 1.82) is 0 Å². The first-order valence-corrected chi connectivity index (χ1v) is 48.1. The molecule has 0 spiro atoms. The molecule has 0 bridgehead atoms. The van der Waals surface area contributed by atoms with Gasteiger partial charge in [-0.05, 0) is 212 Å². The smallest absolute Gasteiger partial charge is 0.165 e. The van der Waals surface area contributed by atoms with Crippen molar-refractivity contribution in [3.63, 3.8) is 0 Å². The molecule has 0 amide bonds. The highest BCUT2D eigenvalue weighted by molar-refractivity contribution is 6.34. The van der Waals surface area contributed by atoms with Crippen LogP contribution < -0.4 is 0 Å². The molecule has 0 fully saturated rings. The van der Waals surface area contributed by atoms with Crippen molar-refractivity contribution in [2.45, 2.75) is 0 Å². The molecular formula is C132H79N9. The van der Waals surface area contributed by atoms with Crippen LogP contribution in [0.5, 0.6) is 0 Å². The lowest BCUT2D eigenvalue weighted by molar-refractivity contribution is 1.08. The van der Waals surface area contributed by atoms with Crippen LogP contribution in [0.1, 0.15) is 0 Å². The fourth-order valence-electron chi connectivity index (χ4n) is 23.0. The van der Waals surface area contributed by atoms with E-state index < -0.39 is 0 Å². The van der Waals surface area contributed by atoms with Crippen molar-refractivity contribution in [2.24, 2.45) is 0 Å². The highest BCUT2D eigenvalue weighted by Gasteiger charge is 2.32. The van der Waals surface area contributed by atoms with E-state index >= 15 is 0 Å². The largest absolute Gasteiger partial charge is 0.309 e. The number of aromatic nitrogens is 9. The number of nitrogens with zero attached hydrogens (tertiary/aromatic N) is 9. The van der Waals surface area contributed by atoms with E-state index in [1.54, 1.807) is 0 Å². The quantitative estimate of drug-likeness (QED) is 0.135. The number of hydrogen-bond donors (Lipinski definition) is 0. The van der Waals surface area contributed by atoms with Gasteiger partial charge in [-0.15, -0.1) is 0 Å². The van der Waals surface area contributed by atoms with Crippen LogP contribution in [0, 0.1) is 0 Å². The molecule has 3 aliphatic rings. The summed E-state index contributed by atoms with van der Waals surface area (Å²) >= 11 is 0. The van der Waals surface area contributed by atoms with Crippen LogP contribution in [0.4, 0.5) is 0 Å². The number of benzene rings is 22. The summed E-state index contributed by atoms with van der Waals surface area (Å²) in [7, 11) is 0. The molecule has 0 radical (unpaired) electrons. The van der Waals surface area contributed by atoms with Gasteiger partial charge in [-0.25, -0.2) is 29.9 Å². The number of fused-ring (bicyclic) bond motifs is 12. The van der Waals surface area contributed by atoms with Crippen molar-refractivity contribution in [3.8, 4) is 163 Å². The number of para-hydroxylation sites is 2. The summed E-state index contributed by atoms with van der Waals surface area (Å²) < 4.78 is 7.20. The van der Waals surface area contributed by atoms with Gasteiger partial charge in [-0.1, -0.05) is 388 Å². The molecule has 9 heteroatoms. The van der Waals surface area contributed by atoms with E-state index in [2.05, 4.69) is 432 Å². The molecule has 0 unspecified atom stereocenters. The second-order valence-electron chi connectivity index (χ2n) is 36.9. The predicted octanol–water partition coefficient (Wildman–Crippen LogP) is 34.3. The average molecular weight is 1790 g/mol. The summed E-state index contributed by atoms with van der Waals surface area (Å²) in [6, 6.07) is 171. The maximum atomic E-state index is 5.42. The average Bonchev–Trinajstić information content (AvgIpc) is 1.55. The Balaban J connectivity index is 0.000000102. The Morgan fingerprint density at radius 1 is 0.142 bits per heavy atom. The van der Waals surface area contributed by atoms with Gasteiger partial charge in [0, 0.05) is 82.3 Å². The first kappa shape index (κ1) is 79.4. The molecule has 22 aromatic carbocycles. The lowest BCUT2D eigenvalue weighted by atomic mass is 9.93. The Hall–Kier alpha value is -19.0. The van der Waals surface area contributed by atoms with Crippen LogP contribution in [0.25, 0.3) is 293 Å². The van der Waals surface area contributed by atoms with E-state index in [-0.39, 0.29) is 0 Å². The zero-order chi connectivity index (χ0) is 92.4. The standard InChI is InChI=1S/C48H29N3.2C42H25N3/c1-2-11-30(12-3-1)34-14-8-15-35(29-34)31-23-25-33(26-24-31)47-48(50-41-21-7-6-20-40(41)49-47)51-42-22-10-19-39-37-17-5-4-16-36(37)38-18-9-13-32-27-28-43(51)46(44(32)38)45(39)42;1-3-11-27(12-4-1)41-34-25-29(22-23-35(34)43-42(44-41)28-13-5-2-6-14-28)45-36-20-10-19-33-31-17-8-7-16-30(31)32-18-9-15-26-21-24-37(45)40(38(26)32)39(33)36;1-3-11-27(12-4-1)41-34-23-22-29(25-35(34)43-42(44-41)28-13-5-2-6-14-28)45-36-20-10-19-33-31-17-8-7-16-30(31)32-18-9-15-26-21-24-37(45)40(38(26)32)39(33)36/h1-29H;2*1-25H. The van der Waals surface area contributed by atoms with Crippen LogP contribution in [0.2, 0.25) is 0 Å². The van der Waals surface area contributed by atoms with Gasteiger partial charge in [0.2, 0.25) is 0 Å². The van der Waals surface area contributed by atoms with E-state index in [4.69, 9.17) is 29.9 Å². The van der Waals surface area contributed by atoms with Gasteiger partial charge in [-0.2, -0.15) is 0 Å². The fourth-order valence-corrected chi connectivity index (χ4v) is 23.0. The summed E-state index contributed by atoms with van der Waals surface area (Å²) in [5.74, 6) is 2.29. The molecular weight excluding hydrogens is 1710 g/mol. The lowest BCUT2D eigenvalue weighted by Gasteiger charge is -2.16. The van der Waals surface area contributed by atoms with Crippen LogP contribution >= 0.6 is 0 Å². The molecule has 9 nitrogen and oxygen atoms in total. The zero-order valence-electron chi connectivity index (χ0n) is 76.1. The summed E-state index contributed by atoms with van der Waals surface area (Å²) in [6.45, 7) is 0. The van der Waals surface area contributed by atoms with Crippen molar-refractivity contribution in [2.75, 3.05) is 0 Å². The summed E-state index contributed by atoms with van der Waals surface area (Å²) in [4.78, 5) is 31.2. The van der Waals surface area contributed by atoms with Crippen molar-refractivity contribution >= 4 is 131 Å². The normalized spacial score (nSPS) is 12.0. The third-order valence-corrected chi connectivity index (χ3v) is 29.2. The van der Waals surface area contributed by atoms with Crippen LogP contribution in [0.15, 0.2) is 479 Å². The fraction of sp³-hybridized carbons (Fsp3) is 0. The van der Waals surface area contributed by atoms with Gasteiger partial charge in [0.05, 0.1) is 66.6 Å². The topological polar surface area (TPSA) is 92.1 Å². The summed E-state index contributed by atoms with van der Waals surface area (Å²) in [6.07, 6.45) is 0. The van der Waals surface area contributed by atoms with E-state index in [0.29, 0.717) is 0 Å². The maximum absolute atomic E-state index is 5.42.